The lowest BCUT2D eigenvalue weighted by molar-refractivity contribution is -0.650. The number of hydrogen-bond donors (Lipinski definition) is 0. The van der Waals surface area contributed by atoms with Crippen LogP contribution in [0.5, 0.6) is 0 Å². The van der Waals surface area contributed by atoms with E-state index in [1.54, 1.807) is 0 Å². The Hall–Kier alpha value is -2.87. The summed E-state index contributed by atoms with van der Waals surface area (Å²) in [5.41, 5.74) is 5.08. The van der Waals surface area contributed by atoms with Crippen LogP contribution in [0.1, 0.15) is 5.82 Å². The highest BCUT2D eigenvalue weighted by molar-refractivity contribution is 5.84. The molecule has 2 heteroatoms. The molecule has 120 valence electrons. The second-order valence-corrected chi connectivity index (χ2v) is 6.69. The summed E-state index contributed by atoms with van der Waals surface area (Å²) in [7, 11) is 4.24. The molecule has 2 nitrogen and oxygen atoms in total. The van der Waals surface area contributed by atoms with E-state index in [4.69, 9.17) is 0 Å². The third-order valence-electron chi connectivity index (χ3n) is 5.35. The van der Waals surface area contributed by atoms with Crippen LogP contribution < -0.4 is 15.0 Å². The van der Waals surface area contributed by atoms with Gasteiger partial charge in [0.05, 0.1) is 14.1 Å². The van der Waals surface area contributed by atoms with Crippen molar-refractivity contribution < 1.29 is 4.57 Å². The van der Waals surface area contributed by atoms with Crippen molar-refractivity contribution in [1.29, 1.82) is 0 Å². The summed E-state index contributed by atoms with van der Waals surface area (Å²) in [4.78, 5) is 0. The molecule has 1 aromatic heterocycles. The fraction of sp³-hybridized carbons (Fsp3) is 0.130. The van der Waals surface area contributed by atoms with Crippen LogP contribution >= 0.6 is 0 Å². The van der Waals surface area contributed by atoms with Gasteiger partial charge in [0, 0.05) is 5.92 Å². The van der Waals surface area contributed by atoms with Crippen LogP contribution in [0.2, 0.25) is 0 Å². The Labute approximate surface area is 147 Å². The number of imidazole rings is 1. The van der Waals surface area contributed by atoms with Gasteiger partial charge in [0.15, 0.2) is 11.0 Å². The maximum absolute atomic E-state index is 3.76. The number of hydrogen-bond acceptors (Lipinski definition) is 0. The van der Waals surface area contributed by atoms with E-state index in [1.807, 2.05) is 0 Å². The van der Waals surface area contributed by atoms with Crippen molar-refractivity contribution in [2.45, 2.75) is 0 Å². The summed E-state index contributed by atoms with van der Waals surface area (Å²) >= 11 is 0. The third kappa shape index (κ3) is 2.00. The molecule has 0 aliphatic heterocycles. The summed E-state index contributed by atoms with van der Waals surface area (Å²) in [5, 5.41) is 2.63. The topological polar surface area (TPSA) is 8.81 Å². The Morgan fingerprint density at radius 2 is 1.72 bits per heavy atom. The highest BCUT2D eigenvalue weighted by atomic mass is 15.1. The van der Waals surface area contributed by atoms with Crippen molar-refractivity contribution in [2.24, 2.45) is 20.0 Å². The van der Waals surface area contributed by atoms with E-state index in [9.17, 15) is 0 Å². The van der Waals surface area contributed by atoms with E-state index >= 15 is 0 Å². The summed E-state index contributed by atoms with van der Waals surface area (Å²) in [6.45, 7) is 0. The Morgan fingerprint density at radius 3 is 2.56 bits per heavy atom. The lowest BCUT2D eigenvalue weighted by atomic mass is 9.89. The molecule has 0 N–H and O–H groups in total. The van der Waals surface area contributed by atoms with Gasteiger partial charge in [-0.2, -0.15) is 0 Å². The van der Waals surface area contributed by atoms with Gasteiger partial charge in [0.2, 0.25) is 0 Å². The fourth-order valence-electron chi connectivity index (χ4n) is 4.11. The molecule has 1 heterocycles. The predicted molar refractivity (Wildman–Crippen MR) is 101 cm³/mol. The Balaban J connectivity index is 1.74. The van der Waals surface area contributed by atoms with Crippen LogP contribution in [0.25, 0.3) is 22.2 Å². The van der Waals surface area contributed by atoms with Crippen LogP contribution in [0.15, 0.2) is 72.8 Å². The average Bonchev–Trinajstić information content (AvgIpc) is 3.11. The number of para-hydroxylation sites is 2. The number of rotatable bonds is 2. The van der Waals surface area contributed by atoms with E-state index in [0.717, 1.165) is 5.82 Å². The van der Waals surface area contributed by atoms with Crippen molar-refractivity contribution in [2.75, 3.05) is 0 Å². The highest BCUT2D eigenvalue weighted by Crippen LogP contribution is 2.32. The van der Waals surface area contributed by atoms with Crippen molar-refractivity contribution in [3.63, 3.8) is 0 Å². The molecule has 2 aliphatic rings. The van der Waals surface area contributed by atoms with Gasteiger partial charge in [0.25, 0.3) is 5.82 Å². The number of benzene rings is 2. The van der Waals surface area contributed by atoms with Gasteiger partial charge in [-0.15, -0.1) is 0 Å². The molecule has 0 saturated carbocycles. The van der Waals surface area contributed by atoms with Gasteiger partial charge in [-0.25, -0.2) is 9.13 Å². The standard InChI is InChI=1S/C23H19N2/c1-24-21-13-7-8-14-22(21)25(2)23(24)15-20-18-11-5-3-9-16(18)17-10-4-6-12-19(17)20/h3-14,18H,1-2H3/q+1. The molecule has 1 unspecified atom stereocenters. The molecule has 0 amide bonds. The number of aryl methyl sites for hydroxylation is 2. The van der Waals surface area contributed by atoms with Crippen LogP contribution in [0.4, 0.5) is 0 Å². The Kier molecular flexibility index (Phi) is 3.08. The molecule has 25 heavy (non-hydrogen) atoms. The molecule has 2 aliphatic carbocycles. The van der Waals surface area contributed by atoms with Crippen LogP contribution in [-0.4, -0.2) is 4.57 Å². The minimum absolute atomic E-state index is 0.292. The first-order valence-electron chi connectivity index (χ1n) is 8.64. The Bertz CT molecular complexity index is 1150. The fourth-order valence-corrected chi connectivity index (χ4v) is 4.11. The SMILES string of the molecule is Cn1c([C]C2=c3ccccc3=C3C=CC=CC23)[n+](C)c2ccccc21. The first-order valence-corrected chi connectivity index (χ1v) is 8.64. The van der Waals surface area contributed by atoms with Gasteiger partial charge in [-0.3, -0.25) is 0 Å². The maximum Gasteiger partial charge on any atom is 0.270 e. The summed E-state index contributed by atoms with van der Waals surface area (Å²) < 4.78 is 4.46. The average molecular weight is 323 g/mol. The number of allylic oxidation sites excluding steroid dienone is 4. The van der Waals surface area contributed by atoms with Gasteiger partial charge >= 0.3 is 0 Å². The zero-order chi connectivity index (χ0) is 17.0. The molecule has 0 bridgehead atoms. The minimum atomic E-state index is 0.292. The van der Waals surface area contributed by atoms with Crippen LogP contribution in [0.3, 0.4) is 0 Å². The first kappa shape index (κ1) is 14.5. The van der Waals surface area contributed by atoms with Gasteiger partial charge in [0.1, 0.15) is 6.42 Å². The van der Waals surface area contributed by atoms with Crippen molar-refractivity contribution in [3.8, 4) is 0 Å². The van der Waals surface area contributed by atoms with Crippen molar-refractivity contribution >= 4 is 22.2 Å². The van der Waals surface area contributed by atoms with Crippen LogP contribution in [0, 0.1) is 12.3 Å². The monoisotopic (exact) mass is 323 g/mol. The van der Waals surface area contributed by atoms with E-state index in [0.29, 0.717) is 5.92 Å². The molecule has 0 fully saturated rings. The highest BCUT2D eigenvalue weighted by Gasteiger charge is 2.29. The zero-order valence-electron chi connectivity index (χ0n) is 14.4. The van der Waals surface area contributed by atoms with Gasteiger partial charge < -0.3 is 0 Å². The molecule has 2 radical (unpaired) electrons. The number of aromatic nitrogens is 2. The minimum Gasteiger partial charge on any atom is -0.229 e. The summed E-state index contributed by atoms with van der Waals surface area (Å²) in [5.74, 6) is 1.38. The smallest absolute Gasteiger partial charge is 0.229 e. The number of fused-ring (bicyclic) bond motifs is 3. The van der Waals surface area contributed by atoms with E-state index in [2.05, 4.69) is 102 Å². The first-order chi connectivity index (χ1) is 12.3. The molecular formula is C23H19N2+. The molecule has 0 spiro atoms. The predicted octanol–water partition coefficient (Wildman–Crippen LogP) is 2.19. The van der Waals surface area contributed by atoms with E-state index < -0.39 is 0 Å². The van der Waals surface area contributed by atoms with E-state index in [-0.39, 0.29) is 0 Å². The van der Waals surface area contributed by atoms with Crippen molar-refractivity contribution in [3.05, 3.63) is 95.5 Å². The lowest BCUT2D eigenvalue weighted by Gasteiger charge is -2.14. The van der Waals surface area contributed by atoms with Gasteiger partial charge in [-0.1, -0.05) is 60.7 Å². The quantitative estimate of drug-likeness (QED) is 0.639. The molecule has 0 saturated heterocycles. The molecule has 1 atom stereocenters. The normalized spacial score (nSPS) is 18.1. The lowest BCUT2D eigenvalue weighted by Crippen LogP contribution is -2.33. The molecule has 3 aromatic rings. The molecule has 5 rings (SSSR count). The van der Waals surface area contributed by atoms with Gasteiger partial charge in [-0.05, 0) is 33.7 Å². The maximum atomic E-state index is 3.76. The molecule has 2 aromatic carbocycles. The zero-order valence-corrected chi connectivity index (χ0v) is 14.4. The van der Waals surface area contributed by atoms with Crippen molar-refractivity contribution in [1.82, 2.24) is 4.57 Å². The summed E-state index contributed by atoms with van der Waals surface area (Å²) in [6, 6.07) is 17.2. The summed E-state index contributed by atoms with van der Waals surface area (Å²) in [6.07, 6.45) is 12.5. The second kappa shape index (κ2) is 5.32. The number of nitrogens with zero attached hydrogens (tertiary/aromatic N) is 2. The second-order valence-electron chi connectivity index (χ2n) is 6.69. The molecular weight excluding hydrogens is 304 g/mol. The Morgan fingerprint density at radius 1 is 0.960 bits per heavy atom. The third-order valence-corrected chi connectivity index (χ3v) is 5.35. The van der Waals surface area contributed by atoms with Crippen LogP contribution in [-0.2, 0) is 14.1 Å². The van der Waals surface area contributed by atoms with E-state index in [1.165, 1.54) is 32.6 Å². The largest absolute Gasteiger partial charge is 0.270 e.